The third-order valence-corrected chi connectivity index (χ3v) is 2.80. The highest BCUT2D eigenvalue weighted by Gasteiger charge is 2.05. The van der Waals surface area contributed by atoms with Gasteiger partial charge in [-0.2, -0.15) is 10.5 Å². The van der Waals surface area contributed by atoms with Crippen molar-refractivity contribution >= 4 is 17.3 Å². The second kappa shape index (κ2) is 5.27. The maximum atomic E-state index is 8.61. The smallest absolute Gasteiger partial charge is 0.181 e. The average molecular weight is 257 g/mol. The molecule has 2 N–H and O–H groups in total. The average Bonchev–Trinajstić information content (AvgIpc) is 2.81. The molecule has 18 heavy (non-hydrogen) atoms. The molecule has 0 aliphatic heterocycles. The zero-order chi connectivity index (χ0) is 13.0. The summed E-state index contributed by atoms with van der Waals surface area (Å²) in [5.41, 5.74) is 3.24. The van der Waals surface area contributed by atoms with E-state index in [1.54, 1.807) is 12.1 Å². The molecule has 0 spiro atoms. The van der Waals surface area contributed by atoms with Crippen LogP contribution in [0.4, 0.5) is 5.69 Å². The van der Waals surface area contributed by atoms with Crippen LogP contribution in [0, 0.1) is 22.8 Å². The Labute approximate surface area is 109 Å². The van der Waals surface area contributed by atoms with Crippen LogP contribution in [0.2, 0.25) is 5.02 Å². The summed E-state index contributed by atoms with van der Waals surface area (Å²) < 4.78 is 0. The highest BCUT2D eigenvalue weighted by Crippen LogP contribution is 2.28. The van der Waals surface area contributed by atoms with Gasteiger partial charge >= 0.3 is 0 Å². The molecule has 1 heterocycles. The molecule has 88 valence electrons. The number of anilines is 1. The van der Waals surface area contributed by atoms with Crippen LogP contribution < -0.4 is 5.32 Å². The molecule has 4 nitrogen and oxygen atoms in total. The zero-order valence-corrected chi connectivity index (χ0v) is 10.1. The Bertz CT molecular complexity index is 646. The lowest BCUT2D eigenvalue weighted by Gasteiger charge is -2.04. The van der Waals surface area contributed by atoms with Crippen molar-refractivity contribution in [3.8, 4) is 23.5 Å². The Morgan fingerprint density at radius 2 is 2.06 bits per heavy atom. The van der Waals surface area contributed by atoms with Gasteiger partial charge in [0.05, 0.1) is 23.2 Å². The molecule has 1 aromatic heterocycles. The molecule has 0 fully saturated rings. The van der Waals surface area contributed by atoms with Crippen molar-refractivity contribution < 1.29 is 0 Å². The maximum absolute atomic E-state index is 8.61. The van der Waals surface area contributed by atoms with Crippen molar-refractivity contribution in [2.75, 3.05) is 5.32 Å². The summed E-state index contributed by atoms with van der Waals surface area (Å²) >= 11 is 6.05. The maximum Gasteiger partial charge on any atom is 0.181 e. The van der Waals surface area contributed by atoms with E-state index in [1.165, 1.54) is 0 Å². The predicted octanol–water partition coefficient (Wildman–Crippen LogP) is 3.29. The number of halogens is 1. The SMILES string of the molecule is N#CCc1ccc(-c2ccc(NC#N)c(Cl)c2)[nH]1. The number of rotatable bonds is 3. The minimum atomic E-state index is 0.349. The minimum Gasteiger partial charge on any atom is -0.358 e. The Morgan fingerprint density at radius 1 is 1.22 bits per heavy atom. The topological polar surface area (TPSA) is 75.4 Å². The Morgan fingerprint density at radius 3 is 2.72 bits per heavy atom. The van der Waals surface area contributed by atoms with Gasteiger partial charge in [0, 0.05) is 11.4 Å². The van der Waals surface area contributed by atoms with Gasteiger partial charge in [0.25, 0.3) is 0 Å². The largest absolute Gasteiger partial charge is 0.358 e. The second-order valence-corrected chi connectivity index (χ2v) is 4.07. The van der Waals surface area contributed by atoms with Gasteiger partial charge in [0.2, 0.25) is 0 Å². The third-order valence-electron chi connectivity index (χ3n) is 2.49. The van der Waals surface area contributed by atoms with E-state index in [4.69, 9.17) is 22.1 Å². The van der Waals surface area contributed by atoms with E-state index in [1.807, 2.05) is 24.4 Å². The first-order valence-corrected chi connectivity index (χ1v) is 5.62. The monoisotopic (exact) mass is 256 g/mol. The molecular formula is C13H9ClN4. The molecule has 0 amide bonds. The summed E-state index contributed by atoms with van der Waals surface area (Å²) in [6.07, 6.45) is 2.18. The minimum absolute atomic E-state index is 0.349. The fourth-order valence-corrected chi connectivity index (χ4v) is 1.87. The molecule has 5 heteroatoms. The number of H-pyrrole nitrogens is 1. The summed E-state index contributed by atoms with van der Waals surface area (Å²) in [4.78, 5) is 3.14. The van der Waals surface area contributed by atoms with Crippen LogP contribution in [0.15, 0.2) is 30.3 Å². The van der Waals surface area contributed by atoms with Crippen LogP contribution in [0.25, 0.3) is 11.3 Å². The van der Waals surface area contributed by atoms with E-state index in [2.05, 4.69) is 16.4 Å². The molecule has 2 aromatic rings. The van der Waals surface area contributed by atoms with E-state index >= 15 is 0 Å². The number of nitrogens with zero attached hydrogens (tertiary/aromatic N) is 2. The number of hydrogen-bond acceptors (Lipinski definition) is 3. The van der Waals surface area contributed by atoms with Crippen molar-refractivity contribution in [2.24, 2.45) is 0 Å². The predicted molar refractivity (Wildman–Crippen MR) is 69.8 cm³/mol. The molecule has 0 bridgehead atoms. The number of hydrogen-bond donors (Lipinski definition) is 2. The Hall–Kier alpha value is -2.43. The van der Waals surface area contributed by atoms with Crippen molar-refractivity contribution in [3.63, 3.8) is 0 Å². The van der Waals surface area contributed by atoms with Gasteiger partial charge in [-0.1, -0.05) is 17.7 Å². The van der Waals surface area contributed by atoms with Gasteiger partial charge in [-0.15, -0.1) is 0 Å². The first-order chi connectivity index (χ1) is 8.74. The van der Waals surface area contributed by atoms with Crippen molar-refractivity contribution in [2.45, 2.75) is 6.42 Å². The molecule has 0 atom stereocenters. The Balaban J connectivity index is 2.31. The summed E-state index contributed by atoms with van der Waals surface area (Å²) in [7, 11) is 0. The zero-order valence-electron chi connectivity index (χ0n) is 9.37. The van der Waals surface area contributed by atoms with Crippen molar-refractivity contribution in [3.05, 3.63) is 41.0 Å². The molecular weight excluding hydrogens is 248 g/mol. The molecule has 0 radical (unpaired) electrons. The normalized spacial score (nSPS) is 9.50. The van der Waals surface area contributed by atoms with Crippen LogP contribution in [0.5, 0.6) is 0 Å². The summed E-state index contributed by atoms with van der Waals surface area (Å²) in [6, 6.07) is 11.2. The highest BCUT2D eigenvalue weighted by atomic mass is 35.5. The van der Waals surface area contributed by atoms with E-state index in [-0.39, 0.29) is 0 Å². The number of aromatic nitrogens is 1. The molecule has 0 aliphatic rings. The lowest BCUT2D eigenvalue weighted by atomic mass is 10.1. The number of aromatic amines is 1. The Kier molecular flexibility index (Phi) is 3.52. The van der Waals surface area contributed by atoms with Gasteiger partial charge in [-0.05, 0) is 29.8 Å². The number of nitrogens with one attached hydrogen (secondary N) is 2. The third kappa shape index (κ3) is 2.45. The van der Waals surface area contributed by atoms with E-state index < -0.39 is 0 Å². The van der Waals surface area contributed by atoms with Gasteiger partial charge < -0.3 is 4.98 Å². The standard InChI is InChI=1S/C13H9ClN4/c14-11-7-9(1-3-13(11)17-8-16)12-4-2-10(18-12)5-6-15/h1-4,7,17-18H,5H2. The van der Waals surface area contributed by atoms with Gasteiger partial charge in [-0.25, -0.2) is 0 Å². The molecule has 0 saturated heterocycles. The summed E-state index contributed by atoms with van der Waals surface area (Å²) in [5.74, 6) is 0. The van der Waals surface area contributed by atoms with Crippen molar-refractivity contribution in [1.82, 2.24) is 4.98 Å². The highest BCUT2D eigenvalue weighted by molar-refractivity contribution is 6.33. The fraction of sp³-hybridized carbons (Fsp3) is 0.0769. The molecule has 0 saturated carbocycles. The van der Waals surface area contributed by atoms with E-state index in [0.29, 0.717) is 17.1 Å². The van der Waals surface area contributed by atoms with Crippen LogP contribution in [-0.4, -0.2) is 4.98 Å². The van der Waals surface area contributed by atoms with Crippen LogP contribution in [0.1, 0.15) is 5.69 Å². The van der Waals surface area contributed by atoms with Gasteiger partial charge in [0.15, 0.2) is 6.19 Å². The van der Waals surface area contributed by atoms with Crippen LogP contribution in [0.3, 0.4) is 0 Å². The number of benzene rings is 1. The fourth-order valence-electron chi connectivity index (χ4n) is 1.64. The van der Waals surface area contributed by atoms with Crippen LogP contribution in [-0.2, 0) is 6.42 Å². The molecule has 0 unspecified atom stereocenters. The quantitative estimate of drug-likeness (QED) is 0.653. The van der Waals surface area contributed by atoms with E-state index in [0.717, 1.165) is 17.0 Å². The lowest BCUT2D eigenvalue weighted by molar-refractivity contribution is 1.16. The first kappa shape index (κ1) is 12.0. The molecule has 2 rings (SSSR count). The first-order valence-electron chi connectivity index (χ1n) is 5.24. The van der Waals surface area contributed by atoms with Crippen LogP contribution >= 0.6 is 11.6 Å². The van der Waals surface area contributed by atoms with E-state index in [9.17, 15) is 0 Å². The van der Waals surface area contributed by atoms with Crippen molar-refractivity contribution in [1.29, 1.82) is 10.5 Å². The van der Waals surface area contributed by atoms with Gasteiger partial charge in [0.1, 0.15) is 0 Å². The van der Waals surface area contributed by atoms with Gasteiger partial charge in [-0.3, -0.25) is 5.32 Å². The number of nitriles is 2. The summed E-state index contributed by atoms with van der Waals surface area (Å²) in [6.45, 7) is 0. The summed E-state index contributed by atoms with van der Waals surface area (Å²) in [5, 5.41) is 20.1. The molecule has 1 aromatic carbocycles. The second-order valence-electron chi connectivity index (χ2n) is 3.66. The molecule has 0 aliphatic carbocycles. The lowest BCUT2D eigenvalue weighted by Crippen LogP contribution is -1.89.